The molecule has 3 heterocycles. The molecule has 134 valence electrons. The molecule has 0 radical (unpaired) electrons. The third-order valence-corrected chi connectivity index (χ3v) is 6.29. The highest BCUT2D eigenvalue weighted by Crippen LogP contribution is 2.55. The fraction of sp³-hybridized carbons (Fsp3) is 0.429. The van der Waals surface area contributed by atoms with E-state index in [9.17, 15) is 9.59 Å². The molecule has 2 saturated heterocycles. The Bertz CT molecular complexity index is 853. The number of hydrogen-bond donors (Lipinski definition) is 0. The second-order valence-electron chi connectivity index (χ2n) is 7.54. The summed E-state index contributed by atoms with van der Waals surface area (Å²) in [6, 6.07) is 7.99. The molecule has 3 aliphatic heterocycles. The van der Waals surface area contributed by atoms with Crippen LogP contribution in [0, 0.1) is 0 Å². The quantitative estimate of drug-likeness (QED) is 0.767. The Labute approximate surface area is 152 Å². The summed E-state index contributed by atoms with van der Waals surface area (Å²) in [4.78, 5) is 26.4. The topological polar surface area (TPSA) is 55.8 Å². The summed E-state index contributed by atoms with van der Waals surface area (Å²) < 4.78 is 10.7. The van der Waals surface area contributed by atoms with Gasteiger partial charge < -0.3 is 9.47 Å². The molecule has 1 aromatic rings. The minimum atomic E-state index is -0.493. The average Bonchev–Trinajstić information content (AvgIpc) is 3.15. The van der Waals surface area contributed by atoms with Gasteiger partial charge in [0.25, 0.3) is 0 Å². The number of carbonyl (C=O) groups is 2. The van der Waals surface area contributed by atoms with Crippen LogP contribution in [0.25, 0.3) is 5.57 Å². The van der Waals surface area contributed by atoms with E-state index in [1.165, 1.54) is 20.0 Å². The lowest BCUT2D eigenvalue weighted by molar-refractivity contribution is -0.148. The van der Waals surface area contributed by atoms with Crippen molar-refractivity contribution in [2.24, 2.45) is 0 Å². The highest BCUT2D eigenvalue weighted by Gasteiger charge is 2.61. The normalized spacial score (nSPS) is 32.3. The minimum Gasteiger partial charge on any atom is -0.465 e. The van der Waals surface area contributed by atoms with Gasteiger partial charge in [-0.1, -0.05) is 24.6 Å². The van der Waals surface area contributed by atoms with Crippen LogP contribution in [0.15, 0.2) is 42.0 Å². The average molecular weight is 351 g/mol. The summed E-state index contributed by atoms with van der Waals surface area (Å²) in [5, 5.41) is 0. The lowest BCUT2D eigenvalue weighted by Crippen LogP contribution is -2.48. The van der Waals surface area contributed by atoms with Gasteiger partial charge in [-0.05, 0) is 42.7 Å². The molecule has 1 spiro atoms. The number of fused-ring (bicyclic) bond motifs is 3. The summed E-state index contributed by atoms with van der Waals surface area (Å²) in [5.41, 5.74) is 3.12. The van der Waals surface area contributed by atoms with Crippen LogP contribution in [0.2, 0.25) is 0 Å². The molecule has 3 atom stereocenters. The molecule has 0 saturated carbocycles. The number of benzene rings is 1. The lowest BCUT2D eigenvalue weighted by Gasteiger charge is -2.38. The van der Waals surface area contributed by atoms with Crippen molar-refractivity contribution in [1.82, 2.24) is 4.90 Å². The zero-order valence-corrected chi connectivity index (χ0v) is 14.7. The third-order valence-electron chi connectivity index (χ3n) is 6.29. The third kappa shape index (κ3) is 2.07. The first-order chi connectivity index (χ1) is 12.6. The molecule has 2 bridgehead atoms. The van der Waals surface area contributed by atoms with Crippen molar-refractivity contribution >= 4 is 17.5 Å². The number of carbonyl (C=O) groups excluding carboxylic acids is 2. The van der Waals surface area contributed by atoms with Gasteiger partial charge in [0.2, 0.25) is 0 Å². The Balaban J connectivity index is 1.58. The van der Waals surface area contributed by atoms with Crippen LogP contribution in [0.4, 0.5) is 0 Å². The van der Waals surface area contributed by atoms with Crippen molar-refractivity contribution in [2.45, 2.75) is 43.4 Å². The Morgan fingerprint density at radius 2 is 2.08 bits per heavy atom. The van der Waals surface area contributed by atoms with Crippen molar-refractivity contribution < 1.29 is 19.1 Å². The van der Waals surface area contributed by atoms with E-state index in [1.807, 2.05) is 12.1 Å². The van der Waals surface area contributed by atoms with Crippen molar-refractivity contribution in [3.05, 3.63) is 53.1 Å². The number of ether oxygens (including phenoxy) is 2. The van der Waals surface area contributed by atoms with Crippen molar-refractivity contribution in [1.29, 1.82) is 0 Å². The van der Waals surface area contributed by atoms with Gasteiger partial charge in [-0.25, -0.2) is 9.59 Å². The smallest absolute Gasteiger partial charge is 0.337 e. The van der Waals surface area contributed by atoms with Gasteiger partial charge in [-0.2, -0.15) is 0 Å². The van der Waals surface area contributed by atoms with Crippen LogP contribution in [-0.4, -0.2) is 48.2 Å². The van der Waals surface area contributed by atoms with E-state index in [0.29, 0.717) is 11.6 Å². The van der Waals surface area contributed by atoms with Gasteiger partial charge in [-0.3, -0.25) is 4.90 Å². The molecule has 2 fully saturated rings. The predicted octanol–water partition coefficient (Wildman–Crippen LogP) is 2.72. The molecule has 0 unspecified atom stereocenters. The van der Waals surface area contributed by atoms with Crippen LogP contribution in [0.5, 0.6) is 0 Å². The number of hydrogen-bond acceptors (Lipinski definition) is 5. The Kier molecular flexibility index (Phi) is 3.38. The summed E-state index contributed by atoms with van der Waals surface area (Å²) in [6.07, 6.45) is 8.28. The van der Waals surface area contributed by atoms with Crippen LogP contribution in [0.3, 0.4) is 0 Å². The summed E-state index contributed by atoms with van der Waals surface area (Å²) in [5.74, 6) is -0.577. The standard InChI is InChI=1S/C21H21NO4/c1-25-20(24)14-7-5-13(6-8-14)16-10-15-12-21(17(16)11-19(23)26-21)18-4-2-3-9-22(15)18/h5-8,10-11,15,18H,2-4,9,12H2,1H3/t15-,18-,21+/m1/s1. The Hall–Kier alpha value is -2.40. The van der Waals surface area contributed by atoms with Gasteiger partial charge in [0.1, 0.15) is 0 Å². The highest BCUT2D eigenvalue weighted by molar-refractivity contribution is 5.98. The molecule has 5 heteroatoms. The SMILES string of the molecule is COC(=O)c1ccc(C2=C[C@@H]3C[C@@]4(OC(=O)C=C24)[C@H]2CCCCN32)cc1. The first-order valence-electron chi connectivity index (χ1n) is 9.24. The highest BCUT2D eigenvalue weighted by atomic mass is 16.6. The maximum Gasteiger partial charge on any atom is 0.337 e. The molecule has 0 amide bonds. The number of piperidine rings is 1. The van der Waals surface area contributed by atoms with E-state index in [2.05, 4.69) is 11.0 Å². The molecule has 0 N–H and O–H groups in total. The molecule has 1 aliphatic carbocycles. The summed E-state index contributed by atoms with van der Waals surface area (Å²) in [6.45, 7) is 1.06. The summed E-state index contributed by atoms with van der Waals surface area (Å²) >= 11 is 0. The second kappa shape index (κ2) is 5.55. The number of esters is 2. The van der Waals surface area contributed by atoms with Gasteiger partial charge >= 0.3 is 11.9 Å². The van der Waals surface area contributed by atoms with Gasteiger partial charge in [0.15, 0.2) is 5.60 Å². The zero-order chi connectivity index (χ0) is 17.9. The molecule has 5 rings (SSSR count). The predicted molar refractivity (Wildman–Crippen MR) is 95.4 cm³/mol. The number of methoxy groups -OCH3 is 1. The van der Waals surface area contributed by atoms with E-state index < -0.39 is 5.60 Å². The van der Waals surface area contributed by atoms with E-state index >= 15 is 0 Å². The van der Waals surface area contributed by atoms with Crippen LogP contribution < -0.4 is 0 Å². The van der Waals surface area contributed by atoms with Crippen LogP contribution in [-0.2, 0) is 14.3 Å². The van der Waals surface area contributed by atoms with Crippen molar-refractivity contribution in [2.75, 3.05) is 13.7 Å². The van der Waals surface area contributed by atoms with Crippen LogP contribution >= 0.6 is 0 Å². The van der Waals surface area contributed by atoms with E-state index in [1.54, 1.807) is 18.2 Å². The number of nitrogens with zero attached hydrogens (tertiary/aromatic N) is 1. The zero-order valence-electron chi connectivity index (χ0n) is 14.7. The van der Waals surface area contributed by atoms with E-state index in [-0.39, 0.29) is 18.0 Å². The summed E-state index contributed by atoms with van der Waals surface area (Å²) in [7, 11) is 1.38. The maximum atomic E-state index is 12.2. The molecular formula is C21H21NO4. The molecule has 0 aromatic heterocycles. The Morgan fingerprint density at radius 3 is 2.85 bits per heavy atom. The van der Waals surface area contributed by atoms with E-state index in [4.69, 9.17) is 9.47 Å². The lowest BCUT2D eigenvalue weighted by atomic mass is 9.75. The Morgan fingerprint density at radius 1 is 1.27 bits per heavy atom. The van der Waals surface area contributed by atoms with Gasteiger partial charge in [0.05, 0.1) is 18.7 Å². The molecule has 5 nitrogen and oxygen atoms in total. The minimum absolute atomic E-state index is 0.231. The van der Waals surface area contributed by atoms with Gasteiger partial charge in [0, 0.05) is 24.1 Å². The van der Waals surface area contributed by atoms with E-state index in [0.717, 1.165) is 36.1 Å². The molecule has 26 heavy (non-hydrogen) atoms. The maximum absolute atomic E-state index is 12.2. The fourth-order valence-electron chi connectivity index (χ4n) is 5.22. The monoisotopic (exact) mass is 351 g/mol. The molecule has 4 aliphatic rings. The second-order valence-corrected chi connectivity index (χ2v) is 7.54. The van der Waals surface area contributed by atoms with Crippen molar-refractivity contribution in [3.8, 4) is 0 Å². The first-order valence-corrected chi connectivity index (χ1v) is 9.24. The molecule has 1 aromatic carbocycles. The fourth-order valence-corrected chi connectivity index (χ4v) is 5.22. The number of rotatable bonds is 2. The molecular weight excluding hydrogens is 330 g/mol. The first kappa shape index (κ1) is 15.8. The van der Waals surface area contributed by atoms with Gasteiger partial charge in [-0.15, -0.1) is 0 Å². The van der Waals surface area contributed by atoms with Crippen molar-refractivity contribution in [3.63, 3.8) is 0 Å². The van der Waals surface area contributed by atoms with Crippen LogP contribution in [0.1, 0.15) is 41.6 Å². The largest absolute Gasteiger partial charge is 0.465 e.